The number of hydrogen-bond donors (Lipinski definition) is 0. The Morgan fingerprint density at radius 1 is 1.50 bits per heavy atom. The van der Waals surface area contributed by atoms with Crippen LogP contribution in [0.15, 0.2) is 24.3 Å². The maximum absolute atomic E-state index is 11.4. The summed E-state index contributed by atoms with van der Waals surface area (Å²) in [5, 5.41) is 0. The van der Waals surface area contributed by atoms with Crippen LogP contribution in [0.4, 0.5) is 0 Å². The molecule has 1 aromatic carbocycles. The van der Waals surface area contributed by atoms with Gasteiger partial charge in [0.2, 0.25) is 5.91 Å². The summed E-state index contributed by atoms with van der Waals surface area (Å²) in [6.07, 6.45) is 2.27. The second-order valence-corrected chi connectivity index (χ2v) is 4.61. The summed E-state index contributed by atoms with van der Waals surface area (Å²) in [6, 6.07) is 8.50. The molecule has 0 fully saturated rings. The minimum atomic E-state index is 0.00560. The first-order valence-electron chi connectivity index (χ1n) is 5.60. The molecule has 0 saturated carbocycles. The molecule has 0 heterocycles. The molecule has 2 rings (SSSR count). The molecule has 2 nitrogen and oxygen atoms in total. The van der Waals surface area contributed by atoms with Crippen LogP contribution in [0.3, 0.4) is 0 Å². The van der Waals surface area contributed by atoms with E-state index in [2.05, 4.69) is 24.3 Å². The molecule has 1 aromatic rings. The van der Waals surface area contributed by atoms with Crippen LogP contribution in [0.25, 0.3) is 0 Å². The number of nitrogens with zero attached hydrogens (tertiary/aromatic N) is 1. The van der Waals surface area contributed by atoms with Gasteiger partial charge in [0.05, 0.1) is 0 Å². The quantitative estimate of drug-likeness (QED) is 0.740. The van der Waals surface area contributed by atoms with Gasteiger partial charge >= 0.3 is 0 Å². The van der Waals surface area contributed by atoms with Crippen molar-refractivity contribution < 1.29 is 4.79 Å². The molecule has 0 bridgehead atoms. The topological polar surface area (TPSA) is 20.3 Å². The van der Waals surface area contributed by atoms with E-state index in [-0.39, 0.29) is 11.8 Å². The second kappa shape index (κ2) is 4.88. The smallest absolute Gasteiger partial charge is 0.237 e. The monoisotopic (exact) mass is 237 g/mol. The van der Waals surface area contributed by atoms with E-state index in [1.165, 1.54) is 11.1 Å². The van der Waals surface area contributed by atoms with E-state index < -0.39 is 0 Å². The van der Waals surface area contributed by atoms with Crippen molar-refractivity contribution in [3.05, 3.63) is 35.4 Å². The summed E-state index contributed by atoms with van der Waals surface area (Å²) in [5.74, 6) is 0.560. The van der Waals surface area contributed by atoms with Crippen LogP contribution >= 0.6 is 11.6 Å². The molecule has 1 aliphatic carbocycles. The summed E-state index contributed by atoms with van der Waals surface area (Å²) >= 11 is 5.54. The molecule has 86 valence electrons. The standard InChI is InChI=1S/C13H16ClNO/c1-15(13(16)8-14)9-11-7-6-10-4-2-3-5-12(10)11/h2-5,11H,6-9H2,1H3. The third-order valence-electron chi connectivity index (χ3n) is 3.29. The third-order valence-corrected chi connectivity index (χ3v) is 3.52. The molecular weight excluding hydrogens is 222 g/mol. The number of rotatable bonds is 3. The van der Waals surface area contributed by atoms with Crippen molar-refractivity contribution in [2.24, 2.45) is 0 Å². The molecule has 0 saturated heterocycles. The average molecular weight is 238 g/mol. The summed E-state index contributed by atoms with van der Waals surface area (Å²) in [4.78, 5) is 13.1. The Balaban J connectivity index is 2.06. The molecule has 1 atom stereocenters. The van der Waals surface area contributed by atoms with E-state index in [0.717, 1.165) is 19.4 Å². The highest BCUT2D eigenvalue weighted by Crippen LogP contribution is 2.33. The first kappa shape index (κ1) is 11.5. The molecule has 0 radical (unpaired) electrons. The minimum absolute atomic E-state index is 0.00560. The zero-order chi connectivity index (χ0) is 11.5. The van der Waals surface area contributed by atoms with Crippen molar-refractivity contribution in [3.63, 3.8) is 0 Å². The Morgan fingerprint density at radius 2 is 2.25 bits per heavy atom. The van der Waals surface area contributed by atoms with Gasteiger partial charge in [-0.05, 0) is 24.0 Å². The van der Waals surface area contributed by atoms with E-state index in [1.807, 2.05) is 7.05 Å². The van der Waals surface area contributed by atoms with Gasteiger partial charge in [0.15, 0.2) is 0 Å². The van der Waals surface area contributed by atoms with Crippen molar-refractivity contribution in [2.75, 3.05) is 19.5 Å². The molecule has 0 aromatic heterocycles. The number of amides is 1. The third kappa shape index (κ3) is 2.22. The van der Waals surface area contributed by atoms with Crippen LogP contribution in [0.2, 0.25) is 0 Å². The lowest BCUT2D eigenvalue weighted by atomic mass is 10.0. The SMILES string of the molecule is CN(CC1CCc2ccccc21)C(=O)CCl. The van der Waals surface area contributed by atoms with Gasteiger partial charge in [0.25, 0.3) is 0 Å². The number of benzene rings is 1. The Bertz CT molecular complexity index is 391. The van der Waals surface area contributed by atoms with Gasteiger partial charge in [-0.1, -0.05) is 24.3 Å². The predicted octanol–water partition coefficient (Wildman–Crippen LogP) is 2.41. The highest BCUT2D eigenvalue weighted by Gasteiger charge is 2.24. The van der Waals surface area contributed by atoms with Crippen LogP contribution in [0.1, 0.15) is 23.5 Å². The number of likely N-dealkylation sites (N-methyl/N-ethyl adjacent to an activating group) is 1. The fourth-order valence-corrected chi connectivity index (χ4v) is 2.57. The average Bonchev–Trinajstić information content (AvgIpc) is 2.72. The zero-order valence-corrected chi connectivity index (χ0v) is 10.2. The molecular formula is C13H16ClNO. The number of carbonyl (C=O) groups excluding carboxylic acids is 1. The van der Waals surface area contributed by atoms with Gasteiger partial charge in [-0.3, -0.25) is 4.79 Å². The van der Waals surface area contributed by atoms with Crippen molar-refractivity contribution in [1.82, 2.24) is 4.90 Å². The molecule has 1 unspecified atom stereocenters. The van der Waals surface area contributed by atoms with Crippen molar-refractivity contribution >= 4 is 17.5 Å². The van der Waals surface area contributed by atoms with Gasteiger partial charge in [-0.25, -0.2) is 0 Å². The lowest BCUT2D eigenvalue weighted by molar-refractivity contribution is -0.127. The van der Waals surface area contributed by atoms with E-state index in [9.17, 15) is 4.79 Å². The molecule has 0 spiro atoms. The Morgan fingerprint density at radius 3 is 3.00 bits per heavy atom. The lowest BCUT2D eigenvalue weighted by Gasteiger charge is -2.21. The number of halogens is 1. The van der Waals surface area contributed by atoms with E-state index in [0.29, 0.717) is 5.92 Å². The normalized spacial score (nSPS) is 18.2. The van der Waals surface area contributed by atoms with Crippen molar-refractivity contribution in [1.29, 1.82) is 0 Å². The number of carbonyl (C=O) groups is 1. The van der Waals surface area contributed by atoms with Crippen LogP contribution < -0.4 is 0 Å². The van der Waals surface area contributed by atoms with Gasteiger partial charge in [-0.15, -0.1) is 11.6 Å². The molecule has 1 aliphatic rings. The van der Waals surface area contributed by atoms with Gasteiger partial charge in [0, 0.05) is 19.5 Å². The maximum atomic E-state index is 11.4. The van der Waals surface area contributed by atoms with Crippen molar-refractivity contribution in [3.8, 4) is 0 Å². The summed E-state index contributed by atoms with van der Waals surface area (Å²) in [6.45, 7) is 0.780. The Labute approximate surface area is 101 Å². The number of fused-ring (bicyclic) bond motifs is 1. The summed E-state index contributed by atoms with van der Waals surface area (Å²) in [7, 11) is 1.83. The fourth-order valence-electron chi connectivity index (χ4n) is 2.37. The summed E-state index contributed by atoms with van der Waals surface area (Å²) in [5.41, 5.74) is 2.83. The van der Waals surface area contributed by atoms with Crippen molar-refractivity contribution in [2.45, 2.75) is 18.8 Å². The van der Waals surface area contributed by atoms with E-state index in [1.54, 1.807) is 4.90 Å². The molecule has 16 heavy (non-hydrogen) atoms. The van der Waals surface area contributed by atoms with Gasteiger partial charge in [0.1, 0.15) is 5.88 Å². The molecule has 0 N–H and O–H groups in total. The number of alkyl halides is 1. The number of aryl methyl sites for hydroxylation is 1. The minimum Gasteiger partial charge on any atom is -0.344 e. The Hall–Kier alpha value is -1.02. The van der Waals surface area contributed by atoms with Crippen LogP contribution in [-0.4, -0.2) is 30.3 Å². The number of hydrogen-bond acceptors (Lipinski definition) is 1. The highest BCUT2D eigenvalue weighted by atomic mass is 35.5. The predicted molar refractivity (Wildman–Crippen MR) is 65.9 cm³/mol. The first-order valence-corrected chi connectivity index (χ1v) is 6.13. The largest absolute Gasteiger partial charge is 0.344 e. The van der Waals surface area contributed by atoms with Crippen LogP contribution in [-0.2, 0) is 11.2 Å². The second-order valence-electron chi connectivity index (χ2n) is 4.34. The Kier molecular flexibility index (Phi) is 3.49. The van der Waals surface area contributed by atoms with Crippen LogP contribution in [0, 0.1) is 0 Å². The molecule has 1 amide bonds. The first-order chi connectivity index (χ1) is 7.72. The van der Waals surface area contributed by atoms with E-state index in [4.69, 9.17) is 11.6 Å². The zero-order valence-electron chi connectivity index (χ0n) is 9.45. The maximum Gasteiger partial charge on any atom is 0.237 e. The highest BCUT2D eigenvalue weighted by molar-refractivity contribution is 6.27. The lowest BCUT2D eigenvalue weighted by Crippen LogP contribution is -2.31. The van der Waals surface area contributed by atoms with Crippen LogP contribution in [0.5, 0.6) is 0 Å². The molecule has 3 heteroatoms. The van der Waals surface area contributed by atoms with Gasteiger partial charge in [-0.2, -0.15) is 0 Å². The molecule has 0 aliphatic heterocycles. The van der Waals surface area contributed by atoms with Gasteiger partial charge < -0.3 is 4.90 Å². The van der Waals surface area contributed by atoms with E-state index >= 15 is 0 Å². The fraction of sp³-hybridized carbons (Fsp3) is 0.462. The summed E-state index contributed by atoms with van der Waals surface area (Å²) < 4.78 is 0.